The average molecular weight is 399 g/mol. The van der Waals surface area contributed by atoms with Crippen molar-refractivity contribution < 1.29 is 9.53 Å². The Morgan fingerprint density at radius 3 is 2.86 bits per heavy atom. The Balaban J connectivity index is 1.27. The van der Waals surface area contributed by atoms with Crippen molar-refractivity contribution in [2.45, 2.75) is 51.2 Å². The van der Waals surface area contributed by atoms with Gasteiger partial charge in [-0.15, -0.1) is 11.3 Å². The number of piperidine rings is 1. The highest BCUT2D eigenvalue weighted by atomic mass is 32.1. The number of ether oxygens (including phenoxy) is 1. The second-order valence-corrected chi connectivity index (χ2v) is 9.05. The molecule has 150 valence electrons. The summed E-state index contributed by atoms with van der Waals surface area (Å²) in [4.78, 5) is 15.5. The summed E-state index contributed by atoms with van der Waals surface area (Å²) in [5, 5.41) is 5.06. The Bertz CT molecular complexity index is 756. The van der Waals surface area contributed by atoms with Crippen molar-refractivity contribution >= 4 is 17.2 Å². The molecule has 5 heteroatoms. The van der Waals surface area contributed by atoms with E-state index in [1.54, 1.807) is 0 Å². The fourth-order valence-corrected chi connectivity index (χ4v) is 5.01. The van der Waals surface area contributed by atoms with Crippen LogP contribution >= 0.6 is 11.3 Å². The Labute approximate surface area is 171 Å². The maximum atomic E-state index is 12.2. The number of hydrogen-bond acceptors (Lipinski definition) is 4. The van der Waals surface area contributed by atoms with E-state index in [-0.39, 0.29) is 5.91 Å². The molecule has 1 aliphatic heterocycles. The normalized spacial score (nSPS) is 20.9. The van der Waals surface area contributed by atoms with Crippen molar-refractivity contribution in [2.75, 3.05) is 19.6 Å². The Morgan fingerprint density at radius 1 is 1.14 bits per heavy atom. The van der Waals surface area contributed by atoms with Crippen molar-refractivity contribution in [2.24, 2.45) is 5.92 Å². The first-order valence-electron chi connectivity index (χ1n) is 10.6. The topological polar surface area (TPSA) is 41.6 Å². The average Bonchev–Trinajstić information content (AvgIpc) is 3.41. The van der Waals surface area contributed by atoms with E-state index in [1.807, 2.05) is 17.5 Å². The molecule has 1 atom stereocenters. The van der Waals surface area contributed by atoms with Crippen LogP contribution in [0.3, 0.4) is 0 Å². The molecule has 1 amide bonds. The van der Waals surface area contributed by atoms with Gasteiger partial charge in [-0.3, -0.25) is 9.69 Å². The van der Waals surface area contributed by atoms with E-state index in [4.69, 9.17) is 4.74 Å². The number of amides is 1. The number of nitrogens with one attached hydrogen (secondary N) is 1. The first-order chi connectivity index (χ1) is 13.8. The van der Waals surface area contributed by atoms with Crippen LogP contribution in [-0.4, -0.2) is 36.5 Å². The van der Waals surface area contributed by atoms with Gasteiger partial charge in [0.2, 0.25) is 0 Å². The minimum atomic E-state index is 0.0592. The van der Waals surface area contributed by atoms with Crippen LogP contribution in [0.5, 0.6) is 5.75 Å². The molecule has 1 saturated carbocycles. The molecule has 0 radical (unpaired) electrons. The molecular weight excluding hydrogens is 368 g/mol. The van der Waals surface area contributed by atoms with Gasteiger partial charge in [-0.05, 0) is 80.1 Å². The summed E-state index contributed by atoms with van der Waals surface area (Å²) in [5.41, 5.74) is 1.32. The van der Waals surface area contributed by atoms with Crippen molar-refractivity contribution in [1.29, 1.82) is 0 Å². The predicted octanol–water partition coefficient (Wildman–Crippen LogP) is 4.71. The van der Waals surface area contributed by atoms with Gasteiger partial charge in [0.1, 0.15) is 5.75 Å². The van der Waals surface area contributed by atoms with Crippen LogP contribution in [0.1, 0.15) is 53.8 Å². The van der Waals surface area contributed by atoms with E-state index in [0.717, 1.165) is 36.8 Å². The minimum absolute atomic E-state index is 0.0592. The number of benzene rings is 1. The van der Waals surface area contributed by atoms with Gasteiger partial charge in [-0.1, -0.05) is 18.2 Å². The maximum absolute atomic E-state index is 12.2. The van der Waals surface area contributed by atoms with Crippen LogP contribution in [0.15, 0.2) is 41.8 Å². The molecule has 2 heterocycles. The van der Waals surface area contributed by atoms with Crippen molar-refractivity contribution in [3.8, 4) is 5.75 Å². The zero-order valence-corrected chi connectivity index (χ0v) is 17.3. The summed E-state index contributed by atoms with van der Waals surface area (Å²) < 4.78 is 6.16. The molecule has 2 aromatic rings. The van der Waals surface area contributed by atoms with Gasteiger partial charge in [0.05, 0.1) is 11.0 Å². The molecule has 28 heavy (non-hydrogen) atoms. The first-order valence-corrected chi connectivity index (χ1v) is 11.4. The van der Waals surface area contributed by atoms with Crippen LogP contribution in [0.4, 0.5) is 0 Å². The fourth-order valence-electron chi connectivity index (χ4n) is 4.37. The highest BCUT2D eigenvalue weighted by molar-refractivity contribution is 7.12. The number of likely N-dealkylation sites (tertiary alicyclic amines) is 1. The molecule has 1 aromatic carbocycles. The number of carbonyl (C=O) groups is 1. The van der Waals surface area contributed by atoms with E-state index < -0.39 is 0 Å². The van der Waals surface area contributed by atoms with Gasteiger partial charge < -0.3 is 10.1 Å². The summed E-state index contributed by atoms with van der Waals surface area (Å²) in [6.07, 6.45) is 7.75. The Kier molecular flexibility index (Phi) is 6.65. The van der Waals surface area contributed by atoms with Gasteiger partial charge in [0, 0.05) is 19.6 Å². The minimum Gasteiger partial charge on any atom is -0.490 e. The first kappa shape index (κ1) is 19.5. The molecule has 2 fully saturated rings. The van der Waals surface area contributed by atoms with E-state index in [1.165, 1.54) is 55.4 Å². The van der Waals surface area contributed by atoms with Gasteiger partial charge in [0.25, 0.3) is 5.91 Å². The number of nitrogens with zero attached hydrogens (tertiary/aromatic N) is 1. The van der Waals surface area contributed by atoms with Crippen molar-refractivity contribution in [1.82, 2.24) is 10.2 Å². The summed E-state index contributed by atoms with van der Waals surface area (Å²) in [5.74, 6) is 1.60. The Morgan fingerprint density at radius 2 is 2.04 bits per heavy atom. The molecule has 2 aliphatic rings. The lowest BCUT2D eigenvalue weighted by Gasteiger charge is -2.33. The summed E-state index contributed by atoms with van der Waals surface area (Å²) in [6, 6.07) is 12.4. The third-order valence-electron chi connectivity index (χ3n) is 5.81. The van der Waals surface area contributed by atoms with Crippen LogP contribution in [-0.2, 0) is 6.54 Å². The monoisotopic (exact) mass is 398 g/mol. The molecule has 1 unspecified atom stereocenters. The zero-order chi connectivity index (χ0) is 19.2. The molecule has 4 rings (SSSR count). The second kappa shape index (κ2) is 9.57. The van der Waals surface area contributed by atoms with Gasteiger partial charge in [-0.2, -0.15) is 0 Å². The van der Waals surface area contributed by atoms with E-state index in [0.29, 0.717) is 12.0 Å². The largest absolute Gasteiger partial charge is 0.490 e. The lowest BCUT2D eigenvalue weighted by Crippen LogP contribution is -2.40. The smallest absolute Gasteiger partial charge is 0.261 e. The SMILES string of the molecule is O=C(NCC1CCCN(Cc2cccc(OC3CCCC3)c2)C1)c1cccs1. The third kappa shape index (κ3) is 5.36. The summed E-state index contributed by atoms with van der Waals surface area (Å²) in [6.45, 7) is 3.89. The highest BCUT2D eigenvalue weighted by Crippen LogP contribution is 2.25. The van der Waals surface area contributed by atoms with Crippen molar-refractivity contribution in [3.63, 3.8) is 0 Å². The zero-order valence-electron chi connectivity index (χ0n) is 16.4. The Hall–Kier alpha value is -1.85. The van der Waals surface area contributed by atoms with Crippen molar-refractivity contribution in [3.05, 3.63) is 52.2 Å². The molecule has 0 bridgehead atoms. The number of rotatable bonds is 7. The van der Waals surface area contributed by atoms with Gasteiger partial charge in [0.15, 0.2) is 0 Å². The second-order valence-electron chi connectivity index (χ2n) is 8.10. The lowest BCUT2D eigenvalue weighted by molar-refractivity contribution is 0.0934. The fraction of sp³-hybridized carbons (Fsp3) is 0.522. The molecule has 1 aromatic heterocycles. The molecular formula is C23H30N2O2S. The maximum Gasteiger partial charge on any atom is 0.261 e. The number of thiophene rings is 1. The van der Waals surface area contributed by atoms with E-state index in [2.05, 4.69) is 34.5 Å². The van der Waals surface area contributed by atoms with E-state index in [9.17, 15) is 4.79 Å². The van der Waals surface area contributed by atoms with Crippen LogP contribution in [0, 0.1) is 5.92 Å². The van der Waals surface area contributed by atoms with Crippen LogP contribution in [0.2, 0.25) is 0 Å². The third-order valence-corrected chi connectivity index (χ3v) is 6.68. The lowest BCUT2D eigenvalue weighted by atomic mass is 9.97. The summed E-state index contributed by atoms with van der Waals surface area (Å²) in [7, 11) is 0. The quantitative estimate of drug-likeness (QED) is 0.734. The highest BCUT2D eigenvalue weighted by Gasteiger charge is 2.21. The van der Waals surface area contributed by atoms with Crippen LogP contribution in [0.25, 0.3) is 0 Å². The molecule has 1 aliphatic carbocycles. The molecule has 0 spiro atoms. The van der Waals surface area contributed by atoms with Gasteiger partial charge >= 0.3 is 0 Å². The predicted molar refractivity (Wildman–Crippen MR) is 114 cm³/mol. The summed E-state index contributed by atoms with van der Waals surface area (Å²) >= 11 is 1.50. The molecule has 4 nitrogen and oxygen atoms in total. The molecule has 1 saturated heterocycles. The van der Waals surface area contributed by atoms with Gasteiger partial charge in [-0.25, -0.2) is 0 Å². The number of carbonyl (C=O) groups excluding carboxylic acids is 1. The molecule has 1 N–H and O–H groups in total. The standard InChI is InChI=1S/C23H30N2O2S/c26-23(22-11-5-13-28-22)24-15-19-7-4-12-25(17-19)16-18-6-3-10-21(14-18)27-20-8-1-2-9-20/h3,5-6,10-11,13-14,19-20H,1-2,4,7-9,12,15-17H2,(H,24,26). The van der Waals surface area contributed by atoms with Crippen LogP contribution < -0.4 is 10.1 Å². The number of hydrogen-bond donors (Lipinski definition) is 1. The van der Waals surface area contributed by atoms with E-state index >= 15 is 0 Å².